The number of aliphatic hydroxyl groups is 1. The highest BCUT2D eigenvalue weighted by atomic mass is 32.2. The Morgan fingerprint density at radius 1 is 1.59 bits per heavy atom. The van der Waals surface area contributed by atoms with Gasteiger partial charge < -0.3 is 10.4 Å². The van der Waals surface area contributed by atoms with Gasteiger partial charge in [-0.1, -0.05) is 12.2 Å². The van der Waals surface area contributed by atoms with Crippen LogP contribution in [0.4, 0.5) is 0 Å². The van der Waals surface area contributed by atoms with E-state index >= 15 is 0 Å². The highest BCUT2D eigenvalue weighted by Crippen LogP contribution is 2.19. The van der Waals surface area contributed by atoms with Crippen LogP contribution >= 0.6 is 11.8 Å². The van der Waals surface area contributed by atoms with Crippen molar-refractivity contribution in [1.82, 2.24) is 5.32 Å². The van der Waals surface area contributed by atoms with E-state index in [1.807, 2.05) is 0 Å². The van der Waals surface area contributed by atoms with Crippen LogP contribution in [0.2, 0.25) is 0 Å². The van der Waals surface area contributed by atoms with E-state index in [0.29, 0.717) is 24.6 Å². The Bertz CT molecular complexity index is 271. The summed E-state index contributed by atoms with van der Waals surface area (Å²) in [5.41, 5.74) is -0.622. The van der Waals surface area contributed by atoms with E-state index in [4.69, 9.17) is 0 Å². The van der Waals surface area contributed by atoms with Crippen LogP contribution in [0.1, 0.15) is 33.1 Å². The first-order chi connectivity index (χ1) is 7.97. The first-order valence-corrected chi connectivity index (χ1v) is 7.36. The smallest absolute Gasteiger partial charge is 0.220 e. The maximum atomic E-state index is 11.6. The molecule has 2 N–H and O–H groups in total. The van der Waals surface area contributed by atoms with Gasteiger partial charge in [0.05, 0.1) is 5.60 Å². The van der Waals surface area contributed by atoms with Crippen LogP contribution in [0.25, 0.3) is 0 Å². The Balaban J connectivity index is 1.98. The molecule has 0 aromatic rings. The molecule has 0 spiro atoms. The third kappa shape index (κ3) is 7.45. The Labute approximate surface area is 108 Å². The third-order valence-electron chi connectivity index (χ3n) is 2.58. The average Bonchev–Trinajstić information content (AvgIpc) is 2.68. The summed E-state index contributed by atoms with van der Waals surface area (Å²) >= 11 is 1.67. The largest absolute Gasteiger partial charge is 0.390 e. The van der Waals surface area contributed by atoms with Gasteiger partial charge in [0.15, 0.2) is 0 Å². The van der Waals surface area contributed by atoms with Gasteiger partial charge >= 0.3 is 0 Å². The van der Waals surface area contributed by atoms with E-state index in [9.17, 15) is 9.90 Å². The van der Waals surface area contributed by atoms with Crippen molar-refractivity contribution in [3.05, 3.63) is 12.2 Å². The summed E-state index contributed by atoms with van der Waals surface area (Å²) in [7, 11) is 0. The van der Waals surface area contributed by atoms with Crippen LogP contribution in [0, 0.1) is 5.92 Å². The van der Waals surface area contributed by atoms with Gasteiger partial charge in [-0.25, -0.2) is 0 Å². The Morgan fingerprint density at radius 2 is 2.35 bits per heavy atom. The minimum Gasteiger partial charge on any atom is -0.390 e. The summed E-state index contributed by atoms with van der Waals surface area (Å²) < 4.78 is 0. The molecule has 98 valence electrons. The summed E-state index contributed by atoms with van der Waals surface area (Å²) in [4.78, 5) is 11.6. The lowest BCUT2D eigenvalue weighted by Crippen LogP contribution is -2.28. The molecule has 0 aromatic carbocycles. The maximum absolute atomic E-state index is 11.6. The van der Waals surface area contributed by atoms with Crippen LogP contribution in [-0.4, -0.2) is 34.7 Å². The molecular formula is C13H23NO2S. The molecule has 0 heterocycles. The molecule has 3 nitrogen and oxygen atoms in total. The van der Waals surface area contributed by atoms with Crippen LogP contribution in [0.3, 0.4) is 0 Å². The zero-order chi connectivity index (χ0) is 12.7. The number of carbonyl (C=O) groups is 1. The second-order valence-electron chi connectivity index (χ2n) is 5.18. The molecule has 1 amide bonds. The lowest BCUT2D eigenvalue weighted by atomic mass is 10.1. The standard InChI is InChI=1S/C13H23NO2S/c1-13(2,16)10-17-8-7-14-12(15)9-11-5-3-4-6-11/h3,5,11,16H,4,6-10H2,1-2H3,(H,14,15). The second kappa shape index (κ2) is 7.07. The summed E-state index contributed by atoms with van der Waals surface area (Å²) in [5, 5.41) is 12.4. The number of hydrogen-bond acceptors (Lipinski definition) is 3. The Kier molecular flexibility index (Phi) is 6.06. The molecule has 1 atom stereocenters. The predicted octanol–water partition coefficient (Wildman–Crippen LogP) is 1.96. The van der Waals surface area contributed by atoms with E-state index in [2.05, 4.69) is 17.5 Å². The van der Waals surface area contributed by atoms with Crippen LogP contribution in [-0.2, 0) is 4.79 Å². The van der Waals surface area contributed by atoms with Crippen LogP contribution in [0.15, 0.2) is 12.2 Å². The van der Waals surface area contributed by atoms with Gasteiger partial charge in [0.25, 0.3) is 0 Å². The van der Waals surface area contributed by atoms with Crippen molar-refractivity contribution < 1.29 is 9.90 Å². The number of carbonyl (C=O) groups excluding carboxylic acids is 1. The van der Waals surface area contributed by atoms with Crippen molar-refractivity contribution >= 4 is 17.7 Å². The molecule has 1 unspecified atom stereocenters. The van der Waals surface area contributed by atoms with Gasteiger partial charge in [-0.3, -0.25) is 4.79 Å². The molecule has 17 heavy (non-hydrogen) atoms. The monoisotopic (exact) mass is 257 g/mol. The van der Waals surface area contributed by atoms with Gasteiger partial charge in [-0.2, -0.15) is 11.8 Å². The van der Waals surface area contributed by atoms with Gasteiger partial charge in [0.1, 0.15) is 0 Å². The van der Waals surface area contributed by atoms with Crippen molar-refractivity contribution in [1.29, 1.82) is 0 Å². The Morgan fingerprint density at radius 3 is 2.94 bits per heavy atom. The maximum Gasteiger partial charge on any atom is 0.220 e. The van der Waals surface area contributed by atoms with Crippen molar-refractivity contribution in [2.75, 3.05) is 18.1 Å². The van der Waals surface area contributed by atoms with Crippen LogP contribution in [0.5, 0.6) is 0 Å². The van der Waals surface area contributed by atoms with Gasteiger partial charge in [0.2, 0.25) is 5.91 Å². The lowest BCUT2D eigenvalue weighted by molar-refractivity contribution is -0.121. The lowest BCUT2D eigenvalue weighted by Gasteiger charge is -2.16. The van der Waals surface area contributed by atoms with Crippen LogP contribution < -0.4 is 5.32 Å². The van der Waals surface area contributed by atoms with E-state index < -0.39 is 5.60 Å². The van der Waals surface area contributed by atoms with E-state index in [1.54, 1.807) is 25.6 Å². The van der Waals surface area contributed by atoms with Crippen molar-refractivity contribution in [3.63, 3.8) is 0 Å². The summed E-state index contributed by atoms with van der Waals surface area (Å²) in [6, 6.07) is 0. The highest BCUT2D eigenvalue weighted by molar-refractivity contribution is 7.99. The summed E-state index contributed by atoms with van der Waals surface area (Å²) in [6.45, 7) is 4.28. The third-order valence-corrected chi connectivity index (χ3v) is 3.99. The molecule has 4 heteroatoms. The van der Waals surface area contributed by atoms with Crippen molar-refractivity contribution in [2.24, 2.45) is 5.92 Å². The van der Waals surface area contributed by atoms with Crippen molar-refractivity contribution in [2.45, 2.75) is 38.7 Å². The van der Waals surface area contributed by atoms with Gasteiger partial charge in [-0.15, -0.1) is 0 Å². The molecule has 0 saturated carbocycles. The molecule has 1 aliphatic carbocycles. The zero-order valence-corrected chi connectivity index (χ0v) is 11.6. The molecule has 0 bridgehead atoms. The number of allylic oxidation sites excluding steroid dienone is 2. The van der Waals surface area contributed by atoms with Gasteiger partial charge in [0, 0.05) is 24.5 Å². The average molecular weight is 257 g/mol. The topological polar surface area (TPSA) is 49.3 Å². The molecule has 0 aliphatic heterocycles. The van der Waals surface area contributed by atoms with E-state index in [1.165, 1.54) is 0 Å². The highest BCUT2D eigenvalue weighted by Gasteiger charge is 2.14. The molecular weight excluding hydrogens is 234 g/mol. The fourth-order valence-electron chi connectivity index (χ4n) is 1.76. The molecule has 1 aliphatic rings. The number of hydrogen-bond donors (Lipinski definition) is 2. The minimum atomic E-state index is -0.622. The zero-order valence-electron chi connectivity index (χ0n) is 10.7. The number of nitrogens with one attached hydrogen (secondary N) is 1. The molecule has 0 aromatic heterocycles. The molecule has 1 rings (SSSR count). The SMILES string of the molecule is CC(C)(O)CSCCNC(=O)CC1C=CCC1. The fraction of sp³-hybridized carbons (Fsp3) is 0.769. The van der Waals surface area contributed by atoms with E-state index in [-0.39, 0.29) is 5.91 Å². The molecule has 0 radical (unpaired) electrons. The van der Waals surface area contributed by atoms with Gasteiger partial charge in [-0.05, 0) is 32.6 Å². The number of amides is 1. The van der Waals surface area contributed by atoms with E-state index in [0.717, 1.165) is 18.6 Å². The minimum absolute atomic E-state index is 0.144. The summed E-state index contributed by atoms with van der Waals surface area (Å²) in [6.07, 6.45) is 7.13. The fourth-order valence-corrected chi connectivity index (χ4v) is 2.65. The molecule has 0 saturated heterocycles. The molecule has 0 fully saturated rings. The quantitative estimate of drug-likeness (QED) is 0.541. The number of rotatable bonds is 7. The van der Waals surface area contributed by atoms with Crippen molar-refractivity contribution in [3.8, 4) is 0 Å². The Hall–Kier alpha value is -0.480. The normalized spacial score (nSPS) is 19.6. The first-order valence-electron chi connectivity index (χ1n) is 6.21. The number of thioether (sulfide) groups is 1. The second-order valence-corrected chi connectivity index (χ2v) is 6.29. The first kappa shape index (κ1) is 14.6. The summed E-state index contributed by atoms with van der Waals surface area (Å²) in [5.74, 6) is 2.15. The predicted molar refractivity (Wildman–Crippen MR) is 73.1 cm³/mol.